The van der Waals surface area contributed by atoms with Gasteiger partial charge in [-0.3, -0.25) is 0 Å². The lowest BCUT2D eigenvalue weighted by molar-refractivity contribution is 0.0696. The molecule has 1 saturated heterocycles. The van der Waals surface area contributed by atoms with E-state index in [4.69, 9.17) is 0 Å². The quantitative estimate of drug-likeness (QED) is 0.916. The van der Waals surface area contributed by atoms with Crippen LogP contribution < -0.4 is 4.90 Å². The van der Waals surface area contributed by atoms with E-state index in [-0.39, 0.29) is 0 Å². The summed E-state index contributed by atoms with van der Waals surface area (Å²) in [6.45, 7) is 7.57. The van der Waals surface area contributed by atoms with Crippen LogP contribution in [0.5, 0.6) is 0 Å². The summed E-state index contributed by atoms with van der Waals surface area (Å²) in [7, 11) is 0. The van der Waals surface area contributed by atoms with E-state index < -0.39 is 5.97 Å². The Balaban J connectivity index is 2.22. The van der Waals surface area contributed by atoms with E-state index in [0.29, 0.717) is 17.1 Å². The molecule has 1 N–H and O–H groups in total. The molecule has 5 heteroatoms. The molecule has 0 amide bonds. The first-order valence-electron chi connectivity index (χ1n) is 7.36. The minimum absolute atomic E-state index is 0.312. The van der Waals surface area contributed by atoms with Crippen molar-refractivity contribution in [1.29, 1.82) is 0 Å². The summed E-state index contributed by atoms with van der Waals surface area (Å²) >= 11 is 0. The van der Waals surface area contributed by atoms with Crippen LogP contribution in [0.25, 0.3) is 0 Å². The SMILES string of the molecule is CCCC1CCN(c2nnc(C)c(C)c2C(=O)O)CC1. The number of anilines is 1. The van der Waals surface area contributed by atoms with E-state index in [2.05, 4.69) is 22.0 Å². The van der Waals surface area contributed by atoms with E-state index in [1.54, 1.807) is 13.8 Å². The van der Waals surface area contributed by atoms with E-state index >= 15 is 0 Å². The van der Waals surface area contributed by atoms with E-state index in [9.17, 15) is 9.90 Å². The maximum Gasteiger partial charge on any atom is 0.339 e. The van der Waals surface area contributed by atoms with Crippen LogP contribution in [-0.2, 0) is 0 Å². The molecule has 0 unspecified atom stereocenters. The van der Waals surface area contributed by atoms with Crippen LogP contribution in [0.1, 0.15) is 54.2 Å². The molecule has 0 spiro atoms. The smallest absolute Gasteiger partial charge is 0.339 e. The number of hydrogen-bond donors (Lipinski definition) is 1. The zero-order chi connectivity index (χ0) is 14.7. The van der Waals surface area contributed by atoms with Crippen molar-refractivity contribution in [2.75, 3.05) is 18.0 Å². The molecule has 1 aromatic heterocycles. The summed E-state index contributed by atoms with van der Waals surface area (Å²) < 4.78 is 0. The lowest BCUT2D eigenvalue weighted by atomic mass is 9.92. The van der Waals surface area contributed by atoms with Crippen LogP contribution in [0.15, 0.2) is 0 Å². The predicted molar refractivity (Wildman–Crippen MR) is 78.3 cm³/mol. The van der Waals surface area contributed by atoms with E-state index in [0.717, 1.165) is 37.4 Å². The molecule has 0 saturated carbocycles. The highest BCUT2D eigenvalue weighted by molar-refractivity contribution is 5.95. The van der Waals surface area contributed by atoms with Crippen molar-refractivity contribution in [2.45, 2.75) is 46.5 Å². The van der Waals surface area contributed by atoms with Gasteiger partial charge >= 0.3 is 5.97 Å². The Morgan fingerprint density at radius 3 is 2.50 bits per heavy atom. The highest BCUT2D eigenvalue weighted by Crippen LogP contribution is 2.28. The van der Waals surface area contributed by atoms with Gasteiger partial charge in [0.05, 0.1) is 5.69 Å². The minimum Gasteiger partial charge on any atom is -0.478 e. The van der Waals surface area contributed by atoms with Gasteiger partial charge in [0.2, 0.25) is 0 Å². The number of aryl methyl sites for hydroxylation is 1. The van der Waals surface area contributed by atoms with Crippen molar-refractivity contribution < 1.29 is 9.90 Å². The Morgan fingerprint density at radius 2 is 1.95 bits per heavy atom. The van der Waals surface area contributed by atoms with Crippen molar-refractivity contribution in [2.24, 2.45) is 5.92 Å². The third-order valence-corrected chi connectivity index (χ3v) is 4.26. The van der Waals surface area contributed by atoms with Gasteiger partial charge in [0, 0.05) is 13.1 Å². The second-order valence-corrected chi connectivity index (χ2v) is 5.63. The van der Waals surface area contributed by atoms with Crippen molar-refractivity contribution in [3.8, 4) is 0 Å². The molecule has 0 aromatic carbocycles. The second-order valence-electron chi connectivity index (χ2n) is 5.63. The van der Waals surface area contributed by atoms with E-state index in [1.165, 1.54) is 12.8 Å². The fourth-order valence-electron chi connectivity index (χ4n) is 2.92. The second kappa shape index (κ2) is 6.20. The molecular formula is C15H23N3O2. The van der Waals surface area contributed by atoms with Crippen LogP contribution in [0.2, 0.25) is 0 Å². The summed E-state index contributed by atoms with van der Waals surface area (Å²) in [6, 6.07) is 0. The average Bonchev–Trinajstić information content (AvgIpc) is 2.42. The molecule has 110 valence electrons. The summed E-state index contributed by atoms with van der Waals surface area (Å²) in [5, 5.41) is 17.7. The molecular weight excluding hydrogens is 254 g/mol. The largest absolute Gasteiger partial charge is 0.478 e. The number of aromatic nitrogens is 2. The molecule has 2 heterocycles. The molecule has 1 aliphatic heterocycles. The number of carbonyl (C=O) groups is 1. The zero-order valence-electron chi connectivity index (χ0n) is 12.5. The number of piperidine rings is 1. The van der Waals surface area contributed by atoms with Gasteiger partial charge in [-0.25, -0.2) is 4.79 Å². The van der Waals surface area contributed by atoms with Crippen molar-refractivity contribution >= 4 is 11.8 Å². The van der Waals surface area contributed by atoms with Gasteiger partial charge in [-0.15, -0.1) is 5.10 Å². The number of rotatable bonds is 4. The van der Waals surface area contributed by atoms with Gasteiger partial charge in [0.25, 0.3) is 0 Å². The first-order chi connectivity index (χ1) is 9.54. The predicted octanol–water partition coefficient (Wildman–Crippen LogP) is 2.81. The van der Waals surface area contributed by atoms with Gasteiger partial charge in [-0.05, 0) is 38.2 Å². The van der Waals surface area contributed by atoms with Crippen LogP contribution in [0.4, 0.5) is 5.82 Å². The van der Waals surface area contributed by atoms with Crippen LogP contribution >= 0.6 is 0 Å². The molecule has 0 bridgehead atoms. The van der Waals surface area contributed by atoms with Crippen molar-refractivity contribution in [3.63, 3.8) is 0 Å². The summed E-state index contributed by atoms with van der Waals surface area (Å²) in [6.07, 6.45) is 4.70. The number of aromatic carboxylic acids is 1. The molecule has 0 atom stereocenters. The van der Waals surface area contributed by atoms with Crippen LogP contribution in [-0.4, -0.2) is 34.4 Å². The summed E-state index contributed by atoms with van der Waals surface area (Å²) in [4.78, 5) is 13.6. The summed E-state index contributed by atoms with van der Waals surface area (Å²) in [5.41, 5.74) is 1.72. The van der Waals surface area contributed by atoms with Gasteiger partial charge in [-0.2, -0.15) is 5.10 Å². The Labute approximate surface area is 120 Å². The highest BCUT2D eigenvalue weighted by Gasteiger charge is 2.25. The lowest BCUT2D eigenvalue weighted by Crippen LogP contribution is -2.35. The first kappa shape index (κ1) is 14.8. The topological polar surface area (TPSA) is 66.3 Å². The molecule has 1 aliphatic rings. The monoisotopic (exact) mass is 277 g/mol. The fourth-order valence-corrected chi connectivity index (χ4v) is 2.92. The first-order valence-corrected chi connectivity index (χ1v) is 7.36. The van der Waals surface area contributed by atoms with E-state index in [1.807, 2.05) is 0 Å². The molecule has 20 heavy (non-hydrogen) atoms. The van der Waals surface area contributed by atoms with Crippen molar-refractivity contribution in [3.05, 3.63) is 16.8 Å². The van der Waals surface area contributed by atoms with Crippen LogP contribution in [0, 0.1) is 19.8 Å². The van der Waals surface area contributed by atoms with Gasteiger partial charge in [-0.1, -0.05) is 19.8 Å². The fraction of sp³-hybridized carbons (Fsp3) is 0.667. The summed E-state index contributed by atoms with van der Waals surface area (Å²) in [5.74, 6) is 0.394. The normalized spacial score (nSPS) is 16.4. The van der Waals surface area contributed by atoms with Crippen molar-refractivity contribution in [1.82, 2.24) is 10.2 Å². The average molecular weight is 277 g/mol. The maximum atomic E-state index is 11.5. The molecule has 5 nitrogen and oxygen atoms in total. The lowest BCUT2D eigenvalue weighted by Gasteiger charge is -2.33. The van der Waals surface area contributed by atoms with Gasteiger partial charge in [0.1, 0.15) is 5.56 Å². The molecule has 1 aromatic rings. The number of carboxylic acids is 1. The molecule has 2 rings (SSSR count). The highest BCUT2D eigenvalue weighted by atomic mass is 16.4. The minimum atomic E-state index is -0.911. The third-order valence-electron chi connectivity index (χ3n) is 4.26. The number of carboxylic acid groups (broad SMARTS) is 1. The molecule has 0 aliphatic carbocycles. The Bertz CT molecular complexity index is 494. The standard InChI is InChI=1S/C15H23N3O2/c1-4-5-12-6-8-18(9-7-12)14-13(15(19)20)10(2)11(3)16-17-14/h12H,4-9H2,1-3H3,(H,19,20). The van der Waals surface area contributed by atoms with Gasteiger partial charge in [0.15, 0.2) is 5.82 Å². The van der Waals surface area contributed by atoms with Gasteiger partial charge < -0.3 is 10.0 Å². The number of nitrogens with zero attached hydrogens (tertiary/aromatic N) is 3. The molecule has 0 radical (unpaired) electrons. The Hall–Kier alpha value is -1.65. The number of hydrogen-bond acceptors (Lipinski definition) is 4. The molecule has 1 fully saturated rings. The third kappa shape index (κ3) is 2.92. The van der Waals surface area contributed by atoms with Crippen LogP contribution in [0.3, 0.4) is 0 Å². The zero-order valence-corrected chi connectivity index (χ0v) is 12.5. The Kier molecular flexibility index (Phi) is 4.57. The maximum absolute atomic E-state index is 11.5. The Morgan fingerprint density at radius 1 is 1.30 bits per heavy atom.